The normalized spacial score (nSPS) is 9.12. The van der Waals surface area contributed by atoms with Crippen LogP contribution in [-0.2, 0) is 4.79 Å². The first-order valence-corrected chi connectivity index (χ1v) is 7.36. The Balaban J connectivity index is 0.000000208. The van der Waals surface area contributed by atoms with Crippen molar-refractivity contribution < 1.29 is 14.3 Å². The van der Waals surface area contributed by atoms with Crippen molar-refractivity contribution in [2.75, 3.05) is 0 Å². The van der Waals surface area contributed by atoms with Crippen molar-refractivity contribution >= 4 is 5.91 Å². The van der Waals surface area contributed by atoms with Crippen LogP contribution in [0.3, 0.4) is 0 Å². The highest BCUT2D eigenvalue weighted by atomic mass is 16.3. The number of aryl methyl sites for hydroxylation is 2. The van der Waals surface area contributed by atoms with E-state index in [0.29, 0.717) is 11.3 Å². The lowest BCUT2D eigenvalue weighted by atomic mass is 10.2. The molecular weight excluding hydrogens is 304 g/mol. The number of nitrogens with zero attached hydrogens (tertiary/aromatic N) is 1. The molecule has 3 aromatic rings. The molecule has 2 aromatic carbocycles. The van der Waals surface area contributed by atoms with Crippen LogP contribution in [0.2, 0.25) is 0 Å². The van der Waals surface area contributed by atoms with Crippen molar-refractivity contribution in [1.82, 2.24) is 4.98 Å². The van der Waals surface area contributed by atoms with E-state index < -0.39 is 0 Å². The minimum atomic E-state index is -0.333. The molecule has 0 saturated carbocycles. The molecule has 0 bridgehead atoms. The summed E-state index contributed by atoms with van der Waals surface area (Å²) in [6.45, 7) is 5.51. The highest BCUT2D eigenvalue weighted by Gasteiger charge is 2.04. The van der Waals surface area contributed by atoms with E-state index in [1.54, 1.807) is 24.4 Å². The minimum Gasteiger partial charge on any atom is -0.507 e. The Morgan fingerprint density at radius 1 is 1.08 bits per heavy atom. The van der Waals surface area contributed by atoms with E-state index >= 15 is 0 Å². The SMILES string of the molecule is CC(N)=O.Cc1cccc(C)c1.Oc1ccccc1-c1cnco1. The Hall–Kier alpha value is -3.08. The van der Waals surface area contributed by atoms with Crippen molar-refractivity contribution in [3.8, 4) is 17.1 Å². The molecule has 0 unspecified atom stereocenters. The quantitative estimate of drug-likeness (QED) is 0.711. The number of aromatic hydroxyl groups is 1. The number of para-hydroxylation sites is 1. The minimum absolute atomic E-state index is 0.203. The van der Waals surface area contributed by atoms with Crippen LogP contribution in [0.1, 0.15) is 18.1 Å². The molecule has 126 valence electrons. The van der Waals surface area contributed by atoms with Gasteiger partial charge in [0.25, 0.3) is 0 Å². The van der Waals surface area contributed by atoms with Gasteiger partial charge in [-0.2, -0.15) is 0 Å². The van der Waals surface area contributed by atoms with Gasteiger partial charge in [-0.05, 0) is 26.0 Å². The van der Waals surface area contributed by atoms with Crippen LogP contribution in [0, 0.1) is 13.8 Å². The number of rotatable bonds is 1. The van der Waals surface area contributed by atoms with Gasteiger partial charge in [-0.1, -0.05) is 47.5 Å². The molecule has 1 amide bonds. The van der Waals surface area contributed by atoms with Gasteiger partial charge in [-0.3, -0.25) is 4.79 Å². The highest BCUT2D eigenvalue weighted by molar-refractivity contribution is 5.70. The predicted octanol–water partition coefficient (Wildman–Crippen LogP) is 3.84. The first kappa shape index (κ1) is 19.0. The third kappa shape index (κ3) is 7.26. The molecule has 0 aliphatic rings. The third-order valence-corrected chi connectivity index (χ3v) is 2.78. The maximum Gasteiger partial charge on any atom is 0.214 e. The summed E-state index contributed by atoms with van der Waals surface area (Å²) < 4.78 is 5.03. The van der Waals surface area contributed by atoms with Crippen molar-refractivity contribution in [3.63, 3.8) is 0 Å². The smallest absolute Gasteiger partial charge is 0.214 e. The van der Waals surface area contributed by atoms with Crippen LogP contribution < -0.4 is 5.73 Å². The lowest BCUT2D eigenvalue weighted by Gasteiger charge is -1.97. The molecule has 3 rings (SSSR count). The largest absolute Gasteiger partial charge is 0.507 e. The van der Waals surface area contributed by atoms with Crippen LogP contribution in [0.4, 0.5) is 0 Å². The van der Waals surface area contributed by atoms with E-state index in [1.807, 2.05) is 6.07 Å². The Kier molecular flexibility index (Phi) is 7.78. The van der Waals surface area contributed by atoms with Crippen LogP contribution in [-0.4, -0.2) is 16.0 Å². The summed E-state index contributed by atoms with van der Waals surface area (Å²) >= 11 is 0. The number of carbonyl (C=O) groups excluding carboxylic acids is 1. The van der Waals surface area contributed by atoms with E-state index in [2.05, 4.69) is 48.8 Å². The number of aromatic nitrogens is 1. The third-order valence-electron chi connectivity index (χ3n) is 2.78. The second-order valence-corrected chi connectivity index (χ2v) is 5.15. The van der Waals surface area contributed by atoms with Gasteiger partial charge in [0.2, 0.25) is 5.91 Å². The zero-order valence-corrected chi connectivity index (χ0v) is 14.1. The first-order chi connectivity index (χ1) is 11.4. The Labute approximate surface area is 141 Å². The Bertz CT molecular complexity index is 732. The number of hydrogen-bond donors (Lipinski definition) is 2. The van der Waals surface area contributed by atoms with Gasteiger partial charge in [0.05, 0.1) is 11.8 Å². The van der Waals surface area contributed by atoms with Gasteiger partial charge < -0.3 is 15.3 Å². The monoisotopic (exact) mass is 326 g/mol. The van der Waals surface area contributed by atoms with E-state index in [0.717, 1.165) is 0 Å². The highest BCUT2D eigenvalue weighted by Crippen LogP contribution is 2.27. The van der Waals surface area contributed by atoms with Crippen molar-refractivity contribution in [2.45, 2.75) is 20.8 Å². The average molecular weight is 326 g/mol. The van der Waals surface area contributed by atoms with E-state index in [1.165, 1.54) is 24.4 Å². The number of oxazole rings is 1. The summed E-state index contributed by atoms with van der Waals surface area (Å²) in [7, 11) is 0. The molecule has 3 N–H and O–H groups in total. The maximum atomic E-state index is 9.39. The van der Waals surface area contributed by atoms with Crippen molar-refractivity contribution in [1.29, 1.82) is 0 Å². The van der Waals surface area contributed by atoms with Crippen LogP contribution in [0.15, 0.2) is 65.5 Å². The summed E-state index contributed by atoms with van der Waals surface area (Å²) in [5, 5.41) is 9.39. The Morgan fingerprint density at radius 3 is 2.08 bits per heavy atom. The molecule has 5 nitrogen and oxygen atoms in total. The van der Waals surface area contributed by atoms with E-state index in [4.69, 9.17) is 4.42 Å². The number of hydrogen-bond acceptors (Lipinski definition) is 4. The standard InChI is InChI=1S/C9H7NO2.C8H10.C2H5NO/c11-8-4-2-1-3-7(8)9-5-10-6-12-9;1-7-4-3-5-8(2)6-7;1-2(3)4/h1-6,11H;3-6H,1-2H3;1H3,(H2,3,4). The number of primary amides is 1. The maximum absolute atomic E-state index is 9.39. The molecule has 0 radical (unpaired) electrons. The number of nitrogens with two attached hydrogens (primary N) is 1. The van der Waals surface area contributed by atoms with Gasteiger partial charge in [0.1, 0.15) is 5.75 Å². The summed E-state index contributed by atoms with van der Waals surface area (Å²) in [4.78, 5) is 13.0. The first-order valence-electron chi connectivity index (χ1n) is 7.36. The summed E-state index contributed by atoms with van der Waals surface area (Å²) in [5.74, 6) is 0.447. The predicted molar refractivity (Wildman–Crippen MR) is 94.4 cm³/mol. The number of phenols is 1. The second-order valence-electron chi connectivity index (χ2n) is 5.15. The Morgan fingerprint density at radius 2 is 1.67 bits per heavy atom. The van der Waals surface area contributed by atoms with Gasteiger partial charge in [-0.15, -0.1) is 0 Å². The van der Waals surface area contributed by atoms with Crippen LogP contribution in [0.5, 0.6) is 5.75 Å². The topological polar surface area (TPSA) is 89.4 Å². The van der Waals surface area contributed by atoms with Gasteiger partial charge in [0.15, 0.2) is 12.2 Å². The van der Waals surface area contributed by atoms with Gasteiger partial charge in [0, 0.05) is 6.92 Å². The average Bonchev–Trinajstić information content (AvgIpc) is 3.01. The molecule has 24 heavy (non-hydrogen) atoms. The molecular formula is C19H22N2O3. The fraction of sp³-hybridized carbons (Fsp3) is 0.158. The molecule has 0 aliphatic heterocycles. The molecule has 0 atom stereocenters. The number of benzene rings is 2. The molecule has 0 aliphatic carbocycles. The second kappa shape index (κ2) is 9.84. The number of phenolic OH excluding ortho intramolecular Hbond substituents is 1. The van der Waals surface area contributed by atoms with E-state index in [-0.39, 0.29) is 11.7 Å². The summed E-state index contributed by atoms with van der Waals surface area (Å²) in [6, 6.07) is 15.4. The molecule has 1 aromatic heterocycles. The van der Waals surface area contributed by atoms with E-state index in [9.17, 15) is 9.90 Å². The summed E-state index contributed by atoms with van der Waals surface area (Å²) in [6.07, 6.45) is 2.90. The summed E-state index contributed by atoms with van der Waals surface area (Å²) in [5.41, 5.74) is 7.81. The molecule has 5 heteroatoms. The van der Waals surface area contributed by atoms with Crippen LogP contribution >= 0.6 is 0 Å². The lowest BCUT2D eigenvalue weighted by molar-refractivity contribution is -0.115. The fourth-order valence-corrected chi connectivity index (χ4v) is 1.84. The number of amides is 1. The fourth-order valence-electron chi connectivity index (χ4n) is 1.84. The zero-order valence-electron chi connectivity index (χ0n) is 14.1. The molecule has 0 saturated heterocycles. The zero-order chi connectivity index (χ0) is 17.9. The molecule has 0 fully saturated rings. The van der Waals surface area contributed by atoms with Crippen molar-refractivity contribution in [3.05, 3.63) is 72.2 Å². The van der Waals surface area contributed by atoms with Gasteiger partial charge >= 0.3 is 0 Å². The van der Waals surface area contributed by atoms with Gasteiger partial charge in [-0.25, -0.2) is 4.98 Å². The number of carbonyl (C=O) groups is 1. The molecule has 1 heterocycles. The van der Waals surface area contributed by atoms with Crippen LogP contribution in [0.25, 0.3) is 11.3 Å². The lowest BCUT2D eigenvalue weighted by Crippen LogP contribution is -2.01. The molecule has 0 spiro atoms. The van der Waals surface area contributed by atoms with Crippen molar-refractivity contribution in [2.24, 2.45) is 5.73 Å².